The molecule has 7 heteroatoms. The molecule has 2 aromatic carbocycles. The summed E-state index contributed by atoms with van der Waals surface area (Å²) in [5.74, 6) is 1.03. The zero-order valence-electron chi connectivity index (χ0n) is 19.6. The van der Waals surface area contributed by atoms with E-state index in [1.54, 1.807) is 12.2 Å². The molecule has 2 N–H and O–H groups in total. The van der Waals surface area contributed by atoms with Crippen LogP contribution in [0.5, 0.6) is 0 Å². The number of rotatable bonds is 10. The van der Waals surface area contributed by atoms with Crippen LogP contribution in [-0.4, -0.2) is 29.1 Å². The van der Waals surface area contributed by atoms with Crippen molar-refractivity contribution in [2.24, 2.45) is 0 Å². The summed E-state index contributed by atoms with van der Waals surface area (Å²) in [6.07, 6.45) is 6.94. The number of benzene rings is 2. The van der Waals surface area contributed by atoms with Crippen molar-refractivity contribution in [3.05, 3.63) is 111 Å². The van der Waals surface area contributed by atoms with Gasteiger partial charge in [0.15, 0.2) is 11.6 Å². The zero-order chi connectivity index (χ0) is 24.5. The van der Waals surface area contributed by atoms with E-state index in [2.05, 4.69) is 15.6 Å². The number of carbonyl (C=O) groups is 2. The van der Waals surface area contributed by atoms with Crippen molar-refractivity contribution in [1.82, 2.24) is 4.98 Å². The summed E-state index contributed by atoms with van der Waals surface area (Å²) < 4.78 is 0. The molecule has 5 nitrogen and oxygen atoms in total. The molecule has 3 rings (SSSR count). The second-order valence-corrected chi connectivity index (χ2v) is 9.24. The maximum absolute atomic E-state index is 12.6. The Morgan fingerprint density at radius 3 is 1.41 bits per heavy atom. The quantitative estimate of drug-likeness (QED) is 0.243. The Kier molecular flexibility index (Phi) is 9.13. The molecule has 0 saturated heterocycles. The maximum atomic E-state index is 12.6. The number of anilines is 2. The minimum absolute atomic E-state index is 0.0756. The molecule has 0 aliphatic carbocycles. The summed E-state index contributed by atoms with van der Waals surface area (Å²) in [6.45, 7) is 3.98. The summed E-state index contributed by atoms with van der Waals surface area (Å²) in [7, 11) is 0. The summed E-state index contributed by atoms with van der Waals surface area (Å²) in [5, 5.41) is 7.78. The van der Waals surface area contributed by atoms with Crippen LogP contribution in [0.1, 0.15) is 31.8 Å². The number of aryl methyl sites for hydroxylation is 2. The Labute approximate surface area is 209 Å². The van der Waals surface area contributed by atoms with Gasteiger partial charge in [0, 0.05) is 23.3 Å². The van der Waals surface area contributed by atoms with Gasteiger partial charge in [-0.25, -0.2) is 4.98 Å². The summed E-state index contributed by atoms with van der Waals surface area (Å²) in [6, 6.07) is 20.5. The Morgan fingerprint density at radius 1 is 0.676 bits per heavy atom. The van der Waals surface area contributed by atoms with Gasteiger partial charge in [0.2, 0.25) is 0 Å². The van der Waals surface area contributed by atoms with E-state index in [4.69, 9.17) is 0 Å². The Morgan fingerprint density at radius 2 is 1.06 bits per heavy atom. The van der Waals surface area contributed by atoms with E-state index < -0.39 is 0 Å². The second kappa shape index (κ2) is 12.3. The van der Waals surface area contributed by atoms with Crippen LogP contribution >= 0.6 is 23.5 Å². The summed E-state index contributed by atoms with van der Waals surface area (Å²) >= 11 is 2.86. The molecule has 0 unspecified atom stereocenters. The third-order valence-corrected chi connectivity index (χ3v) is 6.21. The predicted octanol–water partition coefficient (Wildman–Crippen LogP) is 6.70. The maximum Gasteiger partial charge on any atom is 0.188 e. The molecule has 3 aromatic rings. The number of hydrogen-bond acceptors (Lipinski definition) is 7. The standard InChI is InChI=1S/C27H27N3O2S2/c1-18-8-12-20(13-9-18)22(31)16-26(33-3)29-24-6-5-7-25(28-24)30-27(34-4)17-23(32)21-14-10-19(2)11-15-21/h5-17H,1-4H3,(H2,28,29,30)/b26-16+,27-17+. The highest BCUT2D eigenvalue weighted by atomic mass is 32.2. The molecular weight excluding hydrogens is 462 g/mol. The minimum atomic E-state index is -0.0756. The van der Waals surface area contributed by atoms with Gasteiger partial charge in [0.05, 0.1) is 10.1 Å². The van der Waals surface area contributed by atoms with Crippen LogP contribution in [0.15, 0.2) is 88.9 Å². The SMILES string of the molecule is CS/C(=C/C(=O)c1ccc(C)cc1)Nc1cccc(N/C(=C\C(=O)c2ccc(C)cc2)SC)n1. The van der Waals surface area contributed by atoms with Crippen molar-refractivity contribution in [3.8, 4) is 0 Å². The lowest BCUT2D eigenvalue weighted by Crippen LogP contribution is -2.06. The second-order valence-electron chi connectivity index (χ2n) is 7.54. The molecule has 0 bridgehead atoms. The molecule has 0 aliphatic heterocycles. The largest absolute Gasteiger partial charge is 0.335 e. The molecule has 34 heavy (non-hydrogen) atoms. The number of allylic oxidation sites excluding steroid dienone is 2. The molecule has 1 heterocycles. The van der Waals surface area contributed by atoms with Gasteiger partial charge in [-0.05, 0) is 38.5 Å². The van der Waals surface area contributed by atoms with Gasteiger partial charge in [0.25, 0.3) is 0 Å². The molecule has 1 aromatic heterocycles. The first-order valence-electron chi connectivity index (χ1n) is 10.6. The third-order valence-electron chi connectivity index (χ3n) is 4.89. The Balaban J connectivity index is 1.72. The van der Waals surface area contributed by atoms with Gasteiger partial charge in [-0.2, -0.15) is 0 Å². The molecule has 0 spiro atoms. The van der Waals surface area contributed by atoms with Crippen molar-refractivity contribution in [1.29, 1.82) is 0 Å². The van der Waals surface area contributed by atoms with Crippen LogP contribution in [0.2, 0.25) is 0 Å². The lowest BCUT2D eigenvalue weighted by molar-refractivity contribution is 0.103. The highest BCUT2D eigenvalue weighted by Crippen LogP contribution is 2.21. The molecule has 0 radical (unpaired) electrons. The first-order valence-corrected chi connectivity index (χ1v) is 13.1. The lowest BCUT2D eigenvalue weighted by Gasteiger charge is -2.11. The van der Waals surface area contributed by atoms with Crippen molar-refractivity contribution in [2.45, 2.75) is 13.8 Å². The van der Waals surface area contributed by atoms with Crippen LogP contribution in [0, 0.1) is 13.8 Å². The van der Waals surface area contributed by atoms with E-state index in [0.29, 0.717) is 32.8 Å². The number of aromatic nitrogens is 1. The number of carbonyl (C=O) groups excluding carboxylic acids is 2. The molecular formula is C27H27N3O2S2. The van der Waals surface area contributed by atoms with Crippen molar-refractivity contribution < 1.29 is 9.59 Å². The minimum Gasteiger partial charge on any atom is -0.335 e. The Hall–Kier alpha value is -3.29. The fourth-order valence-corrected chi connectivity index (χ4v) is 3.82. The monoisotopic (exact) mass is 489 g/mol. The highest BCUT2D eigenvalue weighted by molar-refractivity contribution is 8.02. The fourth-order valence-electron chi connectivity index (χ4n) is 2.96. The van der Waals surface area contributed by atoms with E-state index in [0.717, 1.165) is 11.1 Å². The van der Waals surface area contributed by atoms with E-state index in [9.17, 15) is 9.59 Å². The first kappa shape index (κ1) is 25.3. The molecule has 174 valence electrons. The van der Waals surface area contributed by atoms with E-state index in [1.165, 1.54) is 23.5 Å². The van der Waals surface area contributed by atoms with Crippen molar-refractivity contribution in [2.75, 3.05) is 23.1 Å². The average Bonchev–Trinajstić information content (AvgIpc) is 2.84. The third kappa shape index (κ3) is 7.37. The van der Waals surface area contributed by atoms with E-state index in [1.807, 2.05) is 93.1 Å². The average molecular weight is 490 g/mol. The molecule has 0 fully saturated rings. The number of nitrogens with zero attached hydrogens (tertiary/aromatic N) is 1. The first-order chi connectivity index (χ1) is 16.4. The van der Waals surface area contributed by atoms with Crippen LogP contribution in [0.25, 0.3) is 0 Å². The van der Waals surface area contributed by atoms with E-state index in [-0.39, 0.29) is 11.6 Å². The Bertz CT molecular complexity index is 1120. The summed E-state index contributed by atoms with van der Waals surface area (Å²) in [5.41, 5.74) is 3.48. The van der Waals surface area contributed by atoms with Crippen LogP contribution in [-0.2, 0) is 0 Å². The number of hydrogen-bond donors (Lipinski definition) is 2. The highest BCUT2D eigenvalue weighted by Gasteiger charge is 2.08. The topological polar surface area (TPSA) is 71.1 Å². The van der Waals surface area contributed by atoms with Crippen molar-refractivity contribution in [3.63, 3.8) is 0 Å². The van der Waals surface area contributed by atoms with Gasteiger partial charge >= 0.3 is 0 Å². The van der Waals surface area contributed by atoms with E-state index >= 15 is 0 Å². The van der Waals surface area contributed by atoms with Crippen LogP contribution in [0.4, 0.5) is 11.6 Å². The van der Waals surface area contributed by atoms with Crippen LogP contribution < -0.4 is 10.6 Å². The molecule has 0 saturated carbocycles. The smallest absolute Gasteiger partial charge is 0.188 e. The number of ketones is 2. The molecule has 0 atom stereocenters. The lowest BCUT2D eigenvalue weighted by atomic mass is 10.1. The van der Waals surface area contributed by atoms with Gasteiger partial charge in [0.1, 0.15) is 11.6 Å². The number of pyridine rings is 1. The van der Waals surface area contributed by atoms with Gasteiger partial charge in [-0.3, -0.25) is 9.59 Å². The molecule has 0 amide bonds. The fraction of sp³-hybridized carbons (Fsp3) is 0.148. The van der Waals surface area contributed by atoms with Gasteiger partial charge in [-0.1, -0.05) is 65.7 Å². The zero-order valence-corrected chi connectivity index (χ0v) is 21.2. The van der Waals surface area contributed by atoms with Gasteiger partial charge < -0.3 is 10.6 Å². The summed E-state index contributed by atoms with van der Waals surface area (Å²) in [4.78, 5) is 29.8. The normalized spacial score (nSPS) is 11.8. The predicted molar refractivity (Wildman–Crippen MR) is 146 cm³/mol. The number of thioether (sulfide) groups is 2. The van der Waals surface area contributed by atoms with Crippen molar-refractivity contribution >= 4 is 46.7 Å². The van der Waals surface area contributed by atoms with Crippen LogP contribution in [0.3, 0.4) is 0 Å². The molecule has 0 aliphatic rings. The number of nitrogens with one attached hydrogen (secondary N) is 2. The van der Waals surface area contributed by atoms with Gasteiger partial charge in [-0.15, -0.1) is 23.5 Å².